The lowest BCUT2D eigenvalue weighted by Gasteiger charge is -2.07. The molecule has 16 heavy (non-hydrogen) atoms. The Hall–Kier alpha value is -0.180. The van der Waals surface area contributed by atoms with E-state index in [-0.39, 0.29) is 5.78 Å². The van der Waals surface area contributed by atoms with Gasteiger partial charge in [-0.1, -0.05) is 37.0 Å². The summed E-state index contributed by atoms with van der Waals surface area (Å²) < 4.78 is 0. The minimum atomic E-state index is 0.101. The maximum absolute atomic E-state index is 11.8. The van der Waals surface area contributed by atoms with Gasteiger partial charge in [0.1, 0.15) is 0 Å². The molecule has 0 aliphatic rings. The zero-order valence-electron chi connectivity index (χ0n) is 9.30. The number of carbonyl (C=O) groups is 1. The number of Topliss-reactive ketones (excluding diaryl/α,β-unsaturated/α-hetero) is 1. The molecule has 0 heterocycles. The van der Waals surface area contributed by atoms with Gasteiger partial charge in [0.25, 0.3) is 0 Å². The van der Waals surface area contributed by atoms with E-state index in [1.807, 2.05) is 0 Å². The van der Waals surface area contributed by atoms with Gasteiger partial charge >= 0.3 is 0 Å². The smallest absolute Gasteiger partial charge is 0.172 e. The number of hydrogen-bond acceptors (Lipinski definition) is 2. The van der Waals surface area contributed by atoms with E-state index < -0.39 is 0 Å². The second-order valence-corrected chi connectivity index (χ2v) is 5.82. The number of carbonyl (C=O) groups excluding carboxylic acids is 1. The molecule has 0 bridgehead atoms. The van der Waals surface area contributed by atoms with Gasteiger partial charge in [-0.05, 0) is 24.6 Å². The van der Waals surface area contributed by atoms with Gasteiger partial charge in [0.05, 0.1) is 15.8 Å². The van der Waals surface area contributed by atoms with Crippen molar-refractivity contribution in [2.24, 2.45) is 0 Å². The number of ketones is 1. The fraction of sp³-hybridized carbons (Fsp3) is 0.417. The van der Waals surface area contributed by atoms with Crippen molar-refractivity contribution < 1.29 is 4.79 Å². The summed E-state index contributed by atoms with van der Waals surface area (Å²) in [5.41, 5.74) is 0.630. The van der Waals surface area contributed by atoms with E-state index in [0.717, 1.165) is 6.42 Å². The SMILES string of the molecule is CCC(C)SCC(=O)c1ccc(Cl)c(Cl)c1. The van der Waals surface area contributed by atoms with Gasteiger partial charge in [-0.2, -0.15) is 11.8 Å². The summed E-state index contributed by atoms with van der Waals surface area (Å²) in [6.07, 6.45) is 1.07. The molecule has 0 N–H and O–H groups in total. The Kier molecular flexibility index (Phi) is 5.67. The Labute approximate surface area is 111 Å². The summed E-state index contributed by atoms with van der Waals surface area (Å²) in [4.78, 5) is 11.8. The van der Waals surface area contributed by atoms with E-state index in [4.69, 9.17) is 23.2 Å². The Balaban J connectivity index is 2.63. The largest absolute Gasteiger partial charge is 0.293 e. The number of thioether (sulfide) groups is 1. The van der Waals surface area contributed by atoms with Crippen molar-refractivity contribution in [3.05, 3.63) is 33.8 Å². The van der Waals surface area contributed by atoms with Crippen LogP contribution in [0.15, 0.2) is 18.2 Å². The van der Waals surface area contributed by atoms with E-state index in [1.165, 1.54) is 0 Å². The van der Waals surface area contributed by atoms with Gasteiger partial charge < -0.3 is 0 Å². The van der Waals surface area contributed by atoms with Crippen molar-refractivity contribution in [2.45, 2.75) is 25.5 Å². The summed E-state index contributed by atoms with van der Waals surface area (Å²) in [6.45, 7) is 4.23. The van der Waals surface area contributed by atoms with Crippen molar-refractivity contribution in [1.82, 2.24) is 0 Å². The molecule has 88 valence electrons. The van der Waals surface area contributed by atoms with Gasteiger partial charge in [0, 0.05) is 10.8 Å². The van der Waals surface area contributed by atoms with Crippen LogP contribution in [0.5, 0.6) is 0 Å². The van der Waals surface area contributed by atoms with Gasteiger partial charge in [-0.3, -0.25) is 4.79 Å². The monoisotopic (exact) mass is 276 g/mol. The van der Waals surface area contributed by atoms with Crippen LogP contribution in [0.1, 0.15) is 30.6 Å². The first-order valence-corrected chi connectivity index (χ1v) is 6.95. The first-order valence-electron chi connectivity index (χ1n) is 5.14. The third-order valence-corrected chi connectivity index (χ3v) is 4.39. The maximum atomic E-state index is 11.8. The van der Waals surface area contributed by atoms with Crippen LogP contribution in [0.4, 0.5) is 0 Å². The van der Waals surface area contributed by atoms with Crippen LogP contribution in [0, 0.1) is 0 Å². The zero-order valence-corrected chi connectivity index (χ0v) is 11.6. The predicted molar refractivity (Wildman–Crippen MR) is 73.0 cm³/mol. The van der Waals surface area contributed by atoms with Gasteiger partial charge in [0.2, 0.25) is 0 Å². The standard InChI is InChI=1S/C12H14Cl2OS/c1-3-8(2)16-7-12(15)9-4-5-10(13)11(14)6-9/h4-6,8H,3,7H2,1-2H3. The quantitative estimate of drug-likeness (QED) is 0.725. The first kappa shape index (κ1) is 13.9. The Morgan fingerprint density at radius 3 is 2.62 bits per heavy atom. The average Bonchev–Trinajstić information content (AvgIpc) is 2.29. The predicted octanol–water partition coefficient (Wildman–Crippen LogP) is 4.71. The van der Waals surface area contributed by atoms with E-state index in [0.29, 0.717) is 26.6 Å². The van der Waals surface area contributed by atoms with Crippen LogP contribution in [0.25, 0.3) is 0 Å². The molecule has 0 saturated carbocycles. The molecular formula is C12H14Cl2OS. The highest BCUT2D eigenvalue weighted by Gasteiger charge is 2.10. The van der Waals surface area contributed by atoms with Crippen LogP contribution in [-0.2, 0) is 0 Å². The Morgan fingerprint density at radius 2 is 2.06 bits per heavy atom. The number of rotatable bonds is 5. The molecule has 0 aliphatic carbocycles. The second kappa shape index (κ2) is 6.53. The average molecular weight is 277 g/mol. The molecular weight excluding hydrogens is 263 g/mol. The first-order chi connectivity index (χ1) is 7.54. The molecule has 1 atom stereocenters. The lowest BCUT2D eigenvalue weighted by atomic mass is 10.1. The van der Waals surface area contributed by atoms with E-state index in [1.54, 1.807) is 30.0 Å². The second-order valence-electron chi connectivity index (χ2n) is 3.58. The van der Waals surface area contributed by atoms with E-state index in [2.05, 4.69) is 13.8 Å². The van der Waals surface area contributed by atoms with Crippen molar-refractivity contribution in [1.29, 1.82) is 0 Å². The van der Waals surface area contributed by atoms with Crippen LogP contribution < -0.4 is 0 Å². The molecule has 0 saturated heterocycles. The third-order valence-electron chi connectivity index (χ3n) is 2.32. The molecule has 0 radical (unpaired) electrons. The molecule has 1 aromatic carbocycles. The fourth-order valence-electron chi connectivity index (χ4n) is 1.09. The van der Waals surface area contributed by atoms with Crippen LogP contribution in [0.3, 0.4) is 0 Å². The summed E-state index contributed by atoms with van der Waals surface area (Å²) in [5.74, 6) is 0.594. The minimum absolute atomic E-state index is 0.101. The molecule has 1 unspecified atom stereocenters. The molecule has 1 rings (SSSR count). The molecule has 0 aromatic heterocycles. The van der Waals surface area contributed by atoms with Crippen molar-refractivity contribution in [2.75, 3.05) is 5.75 Å². The normalized spacial score (nSPS) is 12.5. The highest BCUT2D eigenvalue weighted by Crippen LogP contribution is 2.24. The maximum Gasteiger partial charge on any atom is 0.172 e. The van der Waals surface area contributed by atoms with Gasteiger partial charge in [-0.15, -0.1) is 0 Å². The third kappa shape index (κ3) is 4.00. The number of hydrogen-bond donors (Lipinski definition) is 0. The molecule has 1 nitrogen and oxygen atoms in total. The van der Waals surface area contributed by atoms with Crippen molar-refractivity contribution >= 4 is 40.7 Å². The summed E-state index contributed by atoms with van der Waals surface area (Å²) in [6, 6.07) is 5.00. The topological polar surface area (TPSA) is 17.1 Å². The molecule has 0 fully saturated rings. The molecule has 1 aromatic rings. The minimum Gasteiger partial charge on any atom is -0.293 e. The van der Waals surface area contributed by atoms with Crippen LogP contribution in [-0.4, -0.2) is 16.8 Å². The van der Waals surface area contributed by atoms with Gasteiger partial charge in [-0.25, -0.2) is 0 Å². The van der Waals surface area contributed by atoms with Crippen LogP contribution >= 0.6 is 35.0 Å². The van der Waals surface area contributed by atoms with E-state index in [9.17, 15) is 4.79 Å². The molecule has 4 heteroatoms. The molecule has 0 spiro atoms. The zero-order chi connectivity index (χ0) is 12.1. The number of benzene rings is 1. The lowest BCUT2D eigenvalue weighted by Crippen LogP contribution is -2.06. The van der Waals surface area contributed by atoms with Crippen LogP contribution in [0.2, 0.25) is 10.0 Å². The Bertz CT molecular complexity index is 379. The molecule has 0 aliphatic heterocycles. The van der Waals surface area contributed by atoms with Crippen molar-refractivity contribution in [3.63, 3.8) is 0 Å². The lowest BCUT2D eigenvalue weighted by molar-refractivity contribution is 0.102. The summed E-state index contributed by atoms with van der Waals surface area (Å²) in [5, 5.41) is 1.42. The number of halogens is 2. The fourth-order valence-corrected chi connectivity index (χ4v) is 2.23. The Morgan fingerprint density at radius 1 is 1.38 bits per heavy atom. The summed E-state index contributed by atoms with van der Waals surface area (Å²) >= 11 is 13.3. The summed E-state index contributed by atoms with van der Waals surface area (Å²) in [7, 11) is 0. The van der Waals surface area contributed by atoms with Gasteiger partial charge in [0.15, 0.2) is 5.78 Å². The highest BCUT2D eigenvalue weighted by atomic mass is 35.5. The highest BCUT2D eigenvalue weighted by molar-refractivity contribution is 8.00. The molecule has 0 amide bonds. The van der Waals surface area contributed by atoms with E-state index >= 15 is 0 Å². The van der Waals surface area contributed by atoms with Crippen molar-refractivity contribution in [3.8, 4) is 0 Å².